The van der Waals surface area contributed by atoms with Crippen LogP contribution in [0.4, 0.5) is 5.69 Å². The number of nitrogens with one attached hydrogen (secondary N) is 1. The maximum atomic E-state index is 12.1. The van der Waals surface area contributed by atoms with Crippen LogP contribution in [0, 0.1) is 0 Å². The molecule has 1 N–H and O–H groups in total. The highest BCUT2D eigenvalue weighted by molar-refractivity contribution is 9.10. The number of esters is 1. The fourth-order valence-corrected chi connectivity index (χ4v) is 2.58. The van der Waals surface area contributed by atoms with Gasteiger partial charge in [-0.2, -0.15) is 0 Å². The number of hydrogen-bond acceptors (Lipinski definition) is 4. The molecule has 5 nitrogen and oxygen atoms in total. The third kappa shape index (κ3) is 4.36. The molecular formula is C19H14BrNO4. The number of benzene rings is 2. The molecule has 6 heteroatoms. The van der Waals surface area contributed by atoms with Crippen molar-refractivity contribution in [1.29, 1.82) is 0 Å². The van der Waals surface area contributed by atoms with Crippen LogP contribution >= 0.6 is 15.9 Å². The molecule has 1 amide bonds. The Morgan fingerprint density at radius 2 is 1.68 bits per heavy atom. The summed E-state index contributed by atoms with van der Waals surface area (Å²) in [5, 5.41) is 2.77. The number of furan rings is 1. The van der Waals surface area contributed by atoms with Crippen LogP contribution < -0.4 is 5.32 Å². The summed E-state index contributed by atoms with van der Waals surface area (Å²) in [4.78, 5) is 23.9. The van der Waals surface area contributed by atoms with Crippen LogP contribution in [0.5, 0.6) is 0 Å². The second-order valence-electron chi connectivity index (χ2n) is 5.14. The molecule has 0 fully saturated rings. The first-order chi connectivity index (χ1) is 12.1. The molecular weight excluding hydrogens is 386 g/mol. The lowest BCUT2D eigenvalue weighted by Gasteiger charge is -2.11. The van der Waals surface area contributed by atoms with E-state index in [2.05, 4.69) is 21.2 Å². The highest BCUT2D eigenvalue weighted by Gasteiger charge is 2.15. The standard InChI is InChI=1S/C19H14BrNO4/c20-17-11-10-16(25-17)19(23)24-12-18(22)21-15-9-5-4-8-14(15)13-6-2-1-3-7-13/h1-11H,12H2,(H,21,22). The second-order valence-corrected chi connectivity index (χ2v) is 5.92. The molecule has 1 heterocycles. The second kappa shape index (κ2) is 7.81. The molecule has 0 radical (unpaired) electrons. The van der Waals surface area contributed by atoms with Gasteiger partial charge in [0.1, 0.15) is 0 Å². The van der Waals surface area contributed by atoms with Crippen molar-refractivity contribution in [3.63, 3.8) is 0 Å². The largest absolute Gasteiger partial charge is 0.450 e. The first-order valence-corrected chi connectivity index (χ1v) is 8.29. The Kier molecular flexibility index (Phi) is 5.30. The summed E-state index contributed by atoms with van der Waals surface area (Å²) in [5.41, 5.74) is 2.52. The van der Waals surface area contributed by atoms with E-state index in [9.17, 15) is 9.59 Å². The fourth-order valence-electron chi connectivity index (χ4n) is 2.27. The van der Waals surface area contributed by atoms with Gasteiger partial charge in [-0.05, 0) is 39.7 Å². The fraction of sp³-hybridized carbons (Fsp3) is 0.0526. The summed E-state index contributed by atoms with van der Waals surface area (Å²) in [6, 6.07) is 20.2. The number of halogens is 1. The monoisotopic (exact) mass is 399 g/mol. The van der Waals surface area contributed by atoms with Crippen molar-refractivity contribution in [2.75, 3.05) is 11.9 Å². The predicted octanol–water partition coefficient (Wildman–Crippen LogP) is 4.50. The van der Waals surface area contributed by atoms with Gasteiger partial charge in [0.25, 0.3) is 5.91 Å². The zero-order valence-electron chi connectivity index (χ0n) is 13.1. The van der Waals surface area contributed by atoms with Crippen LogP contribution in [-0.2, 0) is 9.53 Å². The number of ether oxygens (including phenoxy) is 1. The van der Waals surface area contributed by atoms with Crippen LogP contribution in [0.15, 0.2) is 75.8 Å². The van der Waals surface area contributed by atoms with Gasteiger partial charge < -0.3 is 14.5 Å². The highest BCUT2D eigenvalue weighted by atomic mass is 79.9. The minimum atomic E-state index is -0.697. The van der Waals surface area contributed by atoms with Crippen LogP contribution in [0.25, 0.3) is 11.1 Å². The van der Waals surface area contributed by atoms with Crippen molar-refractivity contribution in [2.24, 2.45) is 0 Å². The summed E-state index contributed by atoms with van der Waals surface area (Å²) < 4.78 is 10.5. The quantitative estimate of drug-likeness (QED) is 0.641. The van der Waals surface area contributed by atoms with Crippen molar-refractivity contribution in [3.8, 4) is 11.1 Å². The van der Waals surface area contributed by atoms with Crippen molar-refractivity contribution in [3.05, 3.63) is 77.2 Å². The molecule has 1 aromatic heterocycles. The predicted molar refractivity (Wildman–Crippen MR) is 97.2 cm³/mol. The normalized spacial score (nSPS) is 10.3. The molecule has 0 unspecified atom stereocenters. The van der Waals surface area contributed by atoms with Crippen molar-refractivity contribution in [2.45, 2.75) is 0 Å². The van der Waals surface area contributed by atoms with Crippen molar-refractivity contribution >= 4 is 33.5 Å². The Labute approximate surface area is 152 Å². The molecule has 0 saturated carbocycles. The van der Waals surface area contributed by atoms with Gasteiger partial charge in [0, 0.05) is 11.3 Å². The smallest absolute Gasteiger partial charge is 0.374 e. The molecule has 3 aromatic rings. The SMILES string of the molecule is O=C(COC(=O)c1ccc(Br)o1)Nc1ccccc1-c1ccccc1. The van der Waals surface area contributed by atoms with Gasteiger partial charge in [0.15, 0.2) is 11.3 Å². The summed E-state index contributed by atoms with van der Waals surface area (Å²) in [5.74, 6) is -1.09. The van der Waals surface area contributed by atoms with Gasteiger partial charge in [-0.25, -0.2) is 4.79 Å². The number of carbonyl (C=O) groups is 2. The Bertz CT molecular complexity index is 889. The molecule has 0 bridgehead atoms. The Morgan fingerprint density at radius 3 is 2.40 bits per heavy atom. The molecule has 0 aliphatic heterocycles. The average molecular weight is 400 g/mol. The molecule has 0 spiro atoms. The van der Waals surface area contributed by atoms with E-state index < -0.39 is 18.5 Å². The van der Waals surface area contributed by atoms with Gasteiger partial charge in [-0.3, -0.25) is 4.79 Å². The van der Waals surface area contributed by atoms with Crippen molar-refractivity contribution < 1.29 is 18.7 Å². The van der Waals surface area contributed by atoms with Gasteiger partial charge in [-0.1, -0.05) is 48.5 Å². The van der Waals surface area contributed by atoms with Crippen LogP contribution in [0.1, 0.15) is 10.6 Å². The van der Waals surface area contributed by atoms with Gasteiger partial charge >= 0.3 is 5.97 Å². The molecule has 0 aliphatic rings. The van der Waals surface area contributed by atoms with E-state index in [1.165, 1.54) is 6.07 Å². The molecule has 2 aromatic carbocycles. The minimum Gasteiger partial charge on any atom is -0.450 e. The number of anilines is 1. The molecule has 3 rings (SSSR count). The van der Waals surface area contributed by atoms with Crippen molar-refractivity contribution in [1.82, 2.24) is 0 Å². The first kappa shape index (κ1) is 17.0. The summed E-state index contributed by atoms with van der Waals surface area (Å²) >= 11 is 3.10. The third-order valence-corrected chi connectivity index (χ3v) is 3.82. The third-order valence-electron chi connectivity index (χ3n) is 3.39. The molecule has 0 aliphatic carbocycles. The Hall–Kier alpha value is -2.86. The number of rotatable bonds is 5. The van der Waals surface area contributed by atoms with Gasteiger partial charge in [0.05, 0.1) is 0 Å². The lowest BCUT2D eigenvalue weighted by atomic mass is 10.0. The summed E-state index contributed by atoms with van der Waals surface area (Å²) in [7, 11) is 0. The lowest BCUT2D eigenvalue weighted by Crippen LogP contribution is -2.21. The molecule has 0 atom stereocenters. The van der Waals surface area contributed by atoms with E-state index in [-0.39, 0.29) is 5.76 Å². The van der Waals surface area contributed by atoms with E-state index in [4.69, 9.17) is 9.15 Å². The number of amides is 1. The summed E-state index contributed by atoms with van der Waals surface area (Å²) in [6.45, 7) is -0.403. The minimum absolute atomic E-state index is 0.0318. The molecule has 126 valence electrons. The molecule has 0 saturated heterocycles. The molecule has 25 heavy (non-hydrogen) atoms. The number of carbonyl (C=O) groups excluding carboxylic acids is 2. The topological polar surface area (TPSA) is 68.5 Å². The zero-order chi connectivity index (χ0) is 17.6. The van der Waals surface area contributed by atoms with E-state index in [1.807, 2.05) is 48.5 Å². The van der Waals surface area contributed by atoms with Gasteiger partial charge in [-0.15, -0.1) is 0 Å². The van der Waals surface area contributed by atoms with E-state index in [1.54, 1.807) is 12.1 Å². The Balaban J connectivity index is 1.65. The van der Waals surface area contributed by atoms with E-state index in [0.717, 1.165) is 11.1 Å². The number of hydrogen-bond donors (Lipinski definition) is 1. The lowest BCUT2D eigenvalue weighted by molar-refractivity contribution is -0.119. The number of para-hydroxylation sites is 1. The van der Waals surface area contributed by atoms with Gasteiger partial charge in [0.2, 0.25) is 5.76 Å². The van der Waals surface area contributed by atoms with Crippen LogP contribution in [0.3, 0.4) is 0 Å². The maximum Gasteiger partial charge on any atom is 0.374 e. The van der Waals surface area contributed by atoms with E-state index in [0.29, 0.717) is 10.4 Å². The van der Waals surface area contributed by atoms with Crippen LogP contribution in [-0.4, -0.2) is 18.5 Å². The zero-order valence-corrected chi connectivity index (χ0v) is 14.7. The average Bonchev–Trinajstić information content (AvgIpc) is 3.07. The Morgan fingerprint density at radius 1 is 0.960 bits per heavy atom. The van der Waals surface area contributed by atoms with Crippen LogP contribution in [0.2, 0.25) is 0 Å². The highest BCUT2D eigenvalue weighted by Crippen LogP contribution is 2.27. The summed E-state index contributed by atoms with van der Waals surface area (Å²) in [6.07, 6.45) is 0. The maximum absolute atomic E-state index is 12.1. The van der Waals surface area contributed by atoms with E-state index >= 15 is 0 Å². The first-order valence-electron chi connectivity index (χ1n) is 7.50.